The van der Waals surface area contributed by atoms with Crippen molar-refractivity contribution in [2.75, 3.05) is 6.61 Å². The Balaban J connectivity index is 1.87. The molecule has 2 fully saturated rings. The van der Waals surface area contributed by atoms with E-state index >= 15 is 0 Å². The van der Waals surface area contributed by atoms with E-state index in [4.69, 9.17) is 5.11 Å². The highest BCUT2D eigenvalue weighted by Gasteiger charge is 2.50. The smallest absolute Gasteiger partial charge is 0.228 e. The molecule has 0 bridgehead atoms. The van der Waals surface area contributed by atoms with E-state index in [9.17, 15) is 4.79 Å². The van der Waals surface area contributed by atoms with E-state index in [0.29, 0.717) is 6.04 Å². The van der Waals surface area contributed by atoms with E-state index < -0.39 is 0 Å². The fourth-order valence-electron chi connectivity index (χ4n) is 1.17. The number of carbonyl (C=O) groups is 1. The number of hydrogen-bond acceptors (Lipinski definition) is 2. The molecule has 2 saturated carbocycles. The van der Waals surface area contributed by atoms with Gasteiger partial charge < -0.3 is 10.4 Å². The molecule has 0 saturated heterocycles. The highest BCUT2D eigenvalue weighted by atomic mass is 16.3. The first-order valence-corrected chi connectivity index (χ1v) is 4.19. The summed E-state index contributed by atoms with van der Waals surface area (Å²) in [4.78, 5) is 11.3. The van der Waals surface area contributed by atoms with E-state index in [1.807, 2.05) is 0 Å². The Kier molecular flexibility index (Phi) is 1.42. The molecule has 0 aromatic carbocycles. The molecular formula is C8H13NO2. The van der Waals surface area contributed by atoms with Crippen molar-refractivity contribution < 1.29 is 9.90 Å². The minimum atomic E-state index is -0.372. The predicted octanol–water partition coefficient (Wildman–Crippen LogP) is 0.0375. The average molecular weight is 155 g/mol. The number of nitrogens with one attached hydrogen (secondary N) is 1. The fraction of sp³-hybridized carbons (Fsp3) is 0.875. The summed E-state index contributed by atoms with van der Waals surface area (Å²) < 4.78 is 0. The molecule has 0 atom stereocenters. The third kappa shape index (κ3) is 1.25. The second-order valence-corrected chi connectivity index (χ2v) is 3.69. The van der Waals surface area contributed by atoms with Crippen LogP contribution in [-0.4, -0.2) is 23.7 Å². The molecule has 2 aliphatic rings. The number of hydrogen-bond donors (Lipinski definition) is 2. The third-order valence-corrected chi connectivity index (χ3v) is 2.55. The summed E-state index contributed by atoms with van der Waals surface area (Å²) in [6, 6.07) is 0.423. The van der Waals surface area contributed by atoms with E-state index in [0.717, 1.165) is 25.7 Å². The molecule has 3 nitrogen and oxygen atoms in total. The van der Waals surface area contributed by atoms with Crippen molar-refractivity contribution in [3.8, 4) is 0 Å². The van der Waals surface area contributed by atoms with Crippen LogP contribution in [-0.2, 0) is 4.79 Å². The summed E-state index contributed by atoms with van der Waals surface area (Å²) in [5.74, 6) is 0.0718. The number of rotatable bonds is 3. The summed E-state index contributed by atoms with van der Waals surface area (Å²) in [7, 11) is 0. The Labute approximate surface area is 65.8 Å². The number of aliphatic hydroxyl groups is 1. The number of carbonyl (C=O) groups excluding carboxylic acids is 1. The molecule has 1 amide bonds. The van der Waals surface area contributed by atoms with E-state index in [-0.39, 0.29) is 17.9 Å². The molecule has 3 heteroatoms. The maximum Gasteiger partial charge on any atom is 0.228 e. The highest BCUT2D eigenvalue weighted by molar-refractivity contribution is 5.85. The first-order chi connectivity index (χ1) is 5.27. The topological polar surface area (TPSA) is 49.3 Å². The zero-order valence-corrected chi connectivity index (χ0v) is 6.47. The molecule has 0 spiro atoms. The zero-order valence-electron chi connectivity index (χ0n) is 6.47. The van der Waals surface area contributed by atoms with Crippen molar-refractivity contribution in [1.29, 1.82) is 0 Å². The molecular weight excluding hydrogens is 142 g/mol. The standard InChI is InChI=1S/C8H13NO2/c10-5-8(3-4-8)7(11)9-6-1-2-6/h6,10H,1-5H2,(H,9,11). The van der Waals surface area contributed by atoms with Gasteiger partial charge in [0.2, 0.25) is 5.91 Å². The van der Waals surface area contributed by atoms with Crippen molar-refractivity contribution in [2.24, 2.45) is 5.41 Å². The lowest BCUT2D eigenvalue weighted by Gasteiger charge is -2.10. The van der Waals surface area contributed by atoms with Gasteiger partial charge in [-0.1, -0.05) is 0 Å². The van der Waals surface area contributed by atoms with Crippen LogP contribution in [0.3, 0.4) is 0 Å². The van der Waals surface area contributed by atoms with Gasteiger partial charge in [-0.25, -0.2) is 0 Å². The Morgan fingerprint density at radius 2 is 2.18 bits per heavy atom. The van der Waals surface area contributed by atoms with E-state index in [2.05, 4.69) is 5.32 Å². The van der Waals surface area contributed by atoms with Gasteiger partial charge in [-0.2, -0.15) is 0 Å². The Morgan fingerprint density at radius 3 is 2.55 bits per heavy atom. The van der Waals surface area contributed by atoms with Crippen LogP contribution < -0.4 is 5.32 Å². The van der Waals surface area contributed by atoms with Gasteiger partial charge in [-0.3, -0.25) is 4.79 Å². The Bertz CT molecular complexity index is 183. The molecule has 0 radical (unpaired) electrons. The summed E-state index contributed by atoms with van der Waals surface area (Å²) >= 11 is 0. The monoisotopic (exact) mass is 155 g/mol. The van der Waals surface area contributed by atoms with Crippen LogP contribution in [0.2, 0.25) is 0 Å². The number of aliphatic hydroxyl groups excluding tert-OH is 1. The largest absolute Gasteiger partial charge is 0.395 e. The first-order valence-electron chi connectivity index (χ1n) is 4.19. The fourth-order valence-corrected chi connectivity index (χ4v) is 1.17. The molecule has 11 heavy (non-hydrogen) atoms. The molecule has 62 valence electrons. The van der Waals surface area contributed by atoms with Gasteiger partial charge in [0.1, 0.15) is 0 Å². The summed E-state index contributed by atoms with van der Waals surface area (Å²) in [5, 5.41) is 11.8. The predicted molar refractivity (Wildman–Crippen MR) is 39.9 cm³/mol. The SMILES string of the molecule is O=C(NC1CC1)C1(CO)CC1. The maximum atomic E-state index is 11.3. The van der Waals surface area contributed by atoms with E-state index in [1.165, 1.54) is 0 Å². The van der Waals surface area contributed by atoms with Gasteiger partial charge in [0.15, 0.2) is 0 Å². The third-order valence-electron chi connectivity index (χ3n) is 2.55. The van der Waals surface area contributed by atoms with Gasteiger partial charge in [-0.15, -0.1) is 0 Å². The van der Waals surface area contributed by atoms with E-state index in [1.54, 1.807) is 0 Å². The average Bonchev–Trinajstić information content (AvgIpc) is 2.84. The highest BCUT2D eigenvalue weighted by Crippen LogP contribution is 2.45. The van der Waals surface area contributed by atoms with Crippen LogP contribution in [0.25, 0.3) is 0 Å². The van der Waals surface area contributed by atoms with Gasteiger partial charge in [0.25, 0.3) is 0 Å². The minimum absolute atomic E-state index is 0.0194. The molecule has 2 rings (SSSR count). The maximum absolute atomic E-state index is 11.3. The van der Waals surface area contributed by atoms with Gasteiger partial charge >= 0.3 is 0 Å². The van der Waals surface area contributed by atoms with Crippen LogP contribution in [0.4, 0.5) is 0 Å². The number of amides is 1. The first kappa shape index (κ1) is 7.10. The lowest BCUT2D eigenvalue weighted by atomic mass is 10.1. The van der Waals surface area contributed by atoms with Crippen molar-refractivity contribution >= 4 is 5.91 Å². The zero-order chi connectivity index (χ0) is 7.90. The van der Waals surface area contributed by atoms with Crippen LogP contribution in [0.1, 0.15) is 25.7 Å². The second-order valence-electron chi connectivity index (χ2n) is 3.69. The lowest BCUT2D eigenvalue weighted by molar-refractivity contribution is -0.127. The molecule has 2 N–H and O–H groups in total. The Hall–Kier alpha value is -0.570. The van der Waals surface area contributed by atoms with Crippen LogP contribution in [0, 0.1) is 5.41 Å². The summed E-state index contributed by atoms with van der Waals surface area (Å²) in [5.41, 5.74) is -0.372. The van der Waals surface area contributed by atoms with Crippen molar-refractivity contribution in [1.82, 2.24) is 5.32 Å². The molecule has 0 unspecified atom stereocenters. The molecule has 0 aliphatic heterocycles. The second kappa shape index (κ2) is 2.21. The lowest BCUT2D eigenvalue weighted by Crippen LogP contribution is -2.35. The quantitative estimate of drug-likeness (QED) is 0.604. The molecule has 0 aromatic heterocycles. The van der Waals surface area contributed by atoms with Gasteiger partial charge in [0.05, 0.1) is 12.0 Å². The Morgan fingerprint density at radius 1 is 1.55 bits per heavy atom. The van der Waals surface area contributed by atoms with Crippen LogP contribution in [0.15, 0.2) is 0 Å². The van der Waals surface area contributed by atoms with Gasteiger partial charge in [0, 0.05) is 6.04 Å². The van der Waals surface area contributed by atoms with Crippen LogP contribution >= 0.6 is 0 Å². The van der Waals surface area contributed by atoms with Crippen molar-refractivity contribution in [3.63, 3.8) is 0 Å². The molecule has 0 heterocycles. The summed E-state index contributed by atoms with van der Waals surface area (Å²) in [6.45, 7) is 0.0194. The summed E-state index contributed by atoms with van der Waals surface area (Å²) in [6.07, 6.45) is 3.96. The van der Waals surface area contributed by atoms with Crippen molar-refractivity contribution in [3.05, 3.63) is 0 Å². The normalized spacial score (nSPS) is 26.3. The van der Waals surface area contributed by atoms with Crippen LogP contribution in [0.5, 0.6) is 0 Å². The van der Waals surface area contributed by atoms with Gasteiger partial charge in [-0.05, 0) is 25.7 Å². The minimum Gasteiger partial charge on any atom is -0.395 e. The molecule has 2 aliphatic carbocycles. The molecule has 0 aromatic rings. The van der Waals surface area contributed by atoms with Crippen molar-refractivity contribution in [2.45, 2.75) is 31.7 Å².